The summed E-state index contributed by atoms with van der Waals surface area (Å²) in [5.41, 5.74) is 0.962. The lowest BCUT2D eigenvalue weighted by atomic mass is 10.0. The van der Waals surface area contributed by atoms with Gasteiger partial charge in [0.1, 0.15) is 5.82 Å². The van der Waals surface area contributed by atoms with Gasteiger partial charge in [0.25, 0.3) is 0 Å². The third-order valence-electron chi connectivity index (χ3n) is 2.85. The van der Waals surface area contributed by atoms with Crippen molar-refractivity contribution in [3.8, 4) is 0 Å². The number of nitrogens with zero attached hydrogens (tertiary/aromatic N) is 1. The van der Waals surface area contributed by atoms with Crippen molar-refractivity contribution in [2.75, 3.05) is 6.54 Å². The molecule has 2 aromatic rings. The van der Waals surface area contributed by atoms with Crippen LogP contribution in [0.3, 0.4) is 0 Å². The first-order valence-corrected chi connectivity index (χ1v) is 7.94. The molecule has 1 unspecified atom stereocenters. The monoisotopic (exact) mass is 342 g/mol. The molecule has 0 amide bonds. The van der Waals surface area contributed by atoms with E-state index in [1.54, 1.807) is 29.7 Å². The van der Waals surface area contributed by atoms with E-state index in [0.717, 1.165) is 30.0 Å². The molecule has 0 fully saturated rings. The van der Waals surface area contributed by atoms with Crippen LogP contribution in [0.5, 0.6) is 0 Å². The van der Waals surface area contributed by atoms with E-state index in [1.165, 1.54) is 0 Å². The summed E-state index contributed by atoms with van der Waals surface area (Å²) in [6, 6.07) is 5.40. The molecule has 0 radical (unpaired) electrons. The fraction of sp³-hybridized carbons (Fsp3) is 0.357. The zero-order valence-corrected chi connectivity index (χ0v) is 13.1. The van der Waals surface area contributed by atoms with Crippen LogP contribution in [0, 0.1) is 5.82 Å². The minimum Gasteiger partial charge on any atom is -0.310 e. The summed E-state index contributed by atoms with van der Waals surface area (Å²) < 4.78 is 14.2. The molecule has 0 bridgehead atoms. The number of benzene rings is 1. The zero-order chi connectivity index (χ0) is 13.7. The summed E-state index contributed by atoms with van der Waals surface area (Å²) in [7, 11) is 0. The van der Waals surface area contributed by atoms with Gasteiger partial charge in [-0.05, 0) is 46.6 Å². The van der Waals surface area contributed by atoms with Crippen LogP contribution in [-0.2, 0) is 6.42 Å². The molecule has 0 saturated carbocycles. The predicted octanol–water partition coefficient (Wildman–Crippen LogP) is 4.33. The van der Waals surface area contributed by atoms with Crippen LogP contribution in [0.25, 0.3) is 0 Å². The van der Waals surface area contributed by atoms with E-state index in [0.29, 0.717) is 4.47 Å². The van der Waals surface area contributed by atoms with Crippen LogP contribution in [0.15, 0.2) is 34.2 Å². The molecule has 1 heterocycles. The lowest BCUT2D eigenvalue weighted by Crippen LogP contribution is -2.24. The summed E-state index contributed by atoms with van der Waals surface area (Å²) in [4.78, 5) is 4.31. The van der Waals surface area contributed by atoms with E-state index in [-0.39, 0.29) is 11.9 Å². The average molecular weight is 343 g/mol. The van der Waals surface area contributed by atoms with Crippen molar-refractivity contribution in [2.24, 2.45) is 0 Å². The number of hydrogen-bond acceptors (Lipinski definition) is 3. The smallest absolute Gasteiger partial charge is 0.137 e. The van der Waals surface area contributed by atoms with E-state index in [4.69, 9.17) is 0 Å². The van der Waals surface area contributed by atoms with E-state index in [9.17, 15) is 4.39 Å². The second kappa shape index (κ2) is 7.12. The van der Waals surface area contributed by atoms with Gasteiger partial charge < -0.3 is 5.32 Å². The Morgan fingerprint density at radius 2 is 2.32 bits per heavy atom. The Balaban J connectivity index is 2.18. The molecule has 5 heteroatoms. The molecule has 1 atom stereocenters. The normalized spacial score (nSPS) is 12.6. The zero-order valence-electron chi connectivity index (χ0n) is 10.7. The van der Waals surface area contributed by atoms with Gasteiger partial charge in [-0.1, -0.05) is 13.0 Å². The Bertz CT molecular complexity index is 516. The Hall–Kier alpha value is -0.780. The molecular formula is C14H16BrFN2S. The highest BCUT2D eigenvalue weighted by molar-refractivity contribution is 9.10. The lowest BCUT2D eigenvalue weighted by molar-refractivity contribution is 0.523. The van der Waals surface area contributed by atoms with Gasteiger partial charge in [0.05, 0.1) is 9.48 Å². The van der Waals surface area contributed by atoms with E-state index >= 15 is 0 Å². The second-order valence-corrected chi connectivity index (χ2v) is 6.14. The maximum Gasteiger partial charge on any atom is 0.137 e. The molecule has 1 aromatic carbocycles. The SMILES string of the molecule is CCCNC(Cc1nccs1)c1ccc(Br)c(F)c1. The van der Waals surface area contributed by atoms with Gasteiger partial charge in [-0.3, -0.25) is 0 Å². The summed E-state index contributed by atoms with van der Waals surface area (Å²) >= 11 is 4.82. The van der Waals surface area contributed by atoms with Crippen LogP contribution in [0.2, 0.25) is 0 Å². The number of halogens is 2. The van der Waals surface area contributed by atoms with E-state index < -0.39 is 0 Å². The maximum absolute atomic E-state index is 13.7. The van der Waals surface area contributed by atoms with Crippen molar-refractivity contribution in [3.05, 3.63) is 50.6 Å². The third kappa shape index (κ3) is 4.09. The molecule has 0 aliphatic rings. The first-order valence-electron chi connectivity index (χ1n) is 6.27. The largest absolute Gasteiger partial charge is 0.310 e. The Morgan fingerprint density at radius 3 is 2.95 bits per heavy atom. The van der Waals surface area contributed by atoms with Gasteiger partial charge in [-0.25, -0.2) is 9.37 Å². The molecule has 0 aliphatic heterocycles. The Labute approximate surface area is 125 Å². The quantitative estimate of drug-likeness (QED) is 0.845. The molecule has 2 nitrogen and oxygen atoms in total. The van der Waals surface area contributed by atoms with Crippen LogP contribution >= 0.6 is 27.3 Å². The number of hydrogen-bond donors (Lipinski definition) is 1. The van der Waals surface area contributed by atoms with Gasteiger partial charge in [-0.2, -0.15) is 0 Å². The number of thiazole rings is 1. The molecule has 2 rings (SSSR count). The first kappa shape index (κ1) is 14.6. The number of rotatable bonds is 6. The van der Waals surface area contributed by atoms with Gasteiger partial charge in [0.2, 0.25) is 0 Å². The fourth-order valence-corrected chi connectivity index (χ4v) is 2.79. The van der Waals surface area contributed by atoms with Gasteiger partial charge in [-0.15, -0.1) is 11.3 Å². The van der Waals surface area contributed by atoms with Crippen molar-refractivity contribution < 1.29 is 4.39 Å². The minimum absolute atomic E-state index is 0.105. The number of aromatic nitrogens is 1. The van der Waals surface area contributed by atoms with Crippen molar-refractivity contribution in [1.82, 2.24) is 10.3 Å². The molecule has 0 spiro atoms. The van der Waals surface area contributed by atoms with Crippen molar-refractivity contribution in [3.63, 3.8) is 0 Å². The highest BCUT2D eigenvalue weighted by atomic mass is 79.9. The van der Waals surface area contributed by atoms with E-state index in [2.05, 4.69) is 33.2 Å². The first-order chi connectivity index (χ1) is 9.20. The van der Waals surface area contributed by atoms with Crippen molar-refractivity contribution >= 4 is 27.3 Å². The Kier molecular flexibility index (Phi) is 5.48. The maximum atomic E-state index is 13.7. The summed E-state index contributed by atoms with van der Waals surface area (Å²) in [5.74, 6) is -0.222. The number of nitrogens with one attached hydrogen (secondary N) is 1. The summed E-state index contributed by atoms with van der Waals surface area (Å²) in [5, 5.41) is 6.49. The van der Waals surface area contributed by atoms with Gasteiger partial charge >= 0.3 is 0 Å². The topological polar surface area (TPSA) is 24.9 Å². The standard InChI is InChI=1S/C14H16BrFN2S/c1-2-5-17-13(9-14-18-6-7-19-14)10-3-4-11(15)12(16)8-10/h3-4,6-8,13,17H,2,5,9H2,1H3. The van der Waals surface area contributed by atoms with Crippen LogP contribution in [0.4, 0.5) is 4.39 Å². The van der Waals surface area contributed by atoms with Gasteiger partial charge in [0.15, 0.2) is 0 Å². The van der Waals surface area contributed by atoms with Gasteiger partial charge in [0, 0.05) is 24.0 Å². The third-order valence-corrected chi connectivity index (χ3v) is 4.29. The molecule has 102 valence electrons. The molecule has 0 aliphatic carbocycles. The molecule has 1 N–H and O–H groups in total. The van der Waals surface area contributed by atoms with Crippen LogP contribution < -0.4 is 5.32 Å². The molecule has 1 aromatic heterocycles. The average Bonchev–Trinajstić information content (AvgIpc) is 2.91. The van der Waals surface area contributed by atoms with Crippen molar-refractivity contribution in [1.29, 1.82) is 0 Å². The summed E-state index contributed by atoms with van der Waals surface area (Å²) in [6.07, 6.45) is 3.64. The highest BCUT2D eigenvalue weighted by Crippen LogP contribution is 2.24. The molecular weight excluding hydrogens is 327 g/mol. The van der Waals surface area contributed by atoms with Crippen LogP contribution in [0.1, 0.15) is 30.0 Å². The predicted molar refractivity (Wildman–Crippen MR) is 81.0 cm³/mol. The molecule has 0 saturated heterocycles. The van der Waals surface area contributed by atoms with Crippen molar-refractivity contribution in [2.45, 2.75) is 25.8 Å². The lowest BCUT2D eigenvalue weighted by Gasteiger charge is -2.18. The second-order valence-electron chi connectivity index (χ2n) is 4.31. The minimum atomic E-state index is -0.222. The van der Waals surface area contributed by atoms with E-state index in [1.807, 2.05) is 11.4 Å². The van der Waals surface area contributed by atoms with Crippen LogP contribution in [-0.4, -0.2) is 11.5 Å². The molecule has 19 heavy (non-hydrogen) atoms. The Morgan fingerprint density at radius 1 is 1.47 bits per heavy atom. The highest BCUT2D eigenvalue weighted by Gasteiger charge is 2.14. The fourth-order valence-electron chi connectivity index (χ4n) is 1.88. The summed E-state index contributed by atoms with van der Waals surface area (Å²) in [6.45, 7) is 3.03.